The van der Waals surface area contributed by atoms with Crippen LogP contribution in [-0.2, 0) is 11.2 Å². The van der Waals surface area contributed by atoms with Crippen LogP contribution in [0.3, 0.4) is 0 Å². The molecular weight excluding hydrogens is 296 g/mol. The predicted octanol–water partition coefficient (Wildman–Crippen LogP) is 3.19. The lowest BCUT2D eigenvalue weighted by atomic mass is 10.0. The molecule has 2 amide bonds. The second kappa shape index (κ2) is 6.39. The Morgan fingerprint density at radius 2 is 2.00 bits per heavy atom. The van der Waals surface area contributed by atoms with E-state index in [4.69, 9.17) is 9.47 Å². The SMILES string of the molecule is COc1ccccc1NC(=O)Oc1ccc2c(c1)CCC(=O)N2. The van der Waals surface area contributed by atoms with Crippen molar-refractivity contribution in [1.29, 1.82) is 0 Å². The molecule has 0 unspecified atom stereocenters. The molecule has 0 aliphatic carbocycles. The lowest BCUT2D eigenvalue weighted by molar-refractivity contribution is -0.116. The Morgan fingerprint density at radius 1 is 1.17 bits per heavy atom. The van der Waals surface area contributed by atoms with Gasteiger partial charge in [0.05, 0.1) is 12.8 Å². The van der Waals surface area contributed by atoms with E-state index in [1.807, 2.05) is 6.07 Å². The molecule has 0 saturated carbocycles. The molecule has 1 heterocycles. The van der Waals surface area contributed by atoms with Crippen molar-refractivity contribution >= 4 is 23.4 Å². The van der Waals surface area contributed by atoms with Crippen molar-refractivity contribution in [3.05, 3.63) is 48.0 Å². The number of carbonyl (C=O) groups is 2. The molecule has 0 spiro atoms. The summed E-state index contributed by atoms with van der Waals surface area (Å²) in [5, 5.41) is 5.42. The number of nitrogens with one attached hydrogen (secondary N) is 2. The number of rotatable bonds is 3. The normalized spacial score (nSPS) is 12.8. The average Bonchev–Trinajstić information content (AvgIpc) is 2.55. The second-order valence-corrected chi connectivity index (χ2v) is 5.08. The molecule has 0 radical (unpaired) electrons. The van der Waals surface area contributed by atoms with E-state index < -0.39 is 6.09 Å². The fourth-order valence-electron chi connectivity index (χ4n) is 2.41. The Kier molecular flexibility index (Phi) is 4.14. The summed E-state index contributed by atoms with van der Waals surface area (Å²) in [7, 11) is 1.53. The summed E-state index contributed by atoms with van der Waals surface area (Å²) in [6.07, 6.45) is 0.463. The number of benzene rings is 2. The summed E-state index contributed by atoms with van der Waals surface area (Å²) in [6, 6.07) is 12.2. The molecule has 0 atom stereocenters. The quantitative estimate of drug-likeness (QED) is 0.912. The number of amides is 2. The van der Waals surface area contributed by atoms with E-state index in [9.17, 15) is 9.59 Å². The third kappa shape index (κ3) is 3.42. The van der Waals surface area contributed by atoms with Crippen LogP contribution in [0.25, 0.3) is 0 Å². The zero-order valence-corrected chi connectivity index (χ0v) is 12.6. The molecule has 6 nitrogen and oxygen atoms in total. The zero-order chi connectivity index (χ0) is 16.2. The first-order chi connectivity index (χ1) is 11.2. The van der Waals surface area contributed by atoms with Gasteiger partial charge in [-0.15, -0.1) is 0 Å². The molecule has 0 fully saturated rings. The van der Waals surface area contributed by atoms with Crippen LogP contribution in [0.15, 0.2) is 42.5 Å². The maximum Gasteiger partial charge on any atom is 0.417 e. The number of fused-ring (bicyclic) bond motifs is 1. The second-order valence-electron chi connectivity index (χ2n) is 5.08. The summed E-state index contributed by atoms with van der Waals surface area (Å²) in [4.78, 5) is 23.3. The van der Waals surface area contributed by atoms with Gasteiger partial charge in [-0.25, -0.2) is 4.79 Å². The van der Waals surface area contributed by atoms with Gasteiger partial charge in [-0.05, 0) is 42.3 Å². The van der Waals surface area contributed by atoms with E-state index in [1.54, 1.807) is 36.4 Å². The van der Waals surface area contributed by atoms with Crippen molar-refractivity contribution in [3.8, 4) is 11.5 Å². The molecule has 23 heavy (non-hydrogen) atoms. The lowest BCUT2D eigenvalue weighted by Gasteiger charge is -2.17. The number of aryl methyl sites for hydroxylation is 1. The standard InChI is InChI=1S/C17H16N2O4/c1-22-15-5-3-2-4-14(15)19-17(21)23-12-7-8-13-11(10-12)6-9-16(20)18-13/h2-5,7-8,10H,6,9H2,1H3,(H,18,20)(H,19,21). The van der Waals surface area contributed by atoms with Gasteiger partial charge >= 0.3 is 6.09 Å². The Bertz CT molecular complexity index is 758. The highest BCUT2D eigenvalue weighted by Gasteiger charge is 2.16. The maximum atomic E-state index is 12.0. The van der Waals surface area contributed by atoms with Crippen molar-refractivity contribution in [2.24, 2.45) is 0 Å². The highest BCUT2D eigenvalue weighted by Crippen LogP contribution is 2.27. The first kappa shape index (κ1) is 14.9. The number of para-hydroxylation sites is 2. The molecule has 1 aliphatic heterocycles. The number of ether oxygens (including phenoxy) is 2. The molecule has 2 N–H and O–H groups in total. The number of methoxy groups -OCH3 is 1. The van der Waals surface area contributed by atoms with Gasteiger partial charge in [0, 0.05) is 12.1 Å². The van der Waals surface area contributed by atoms with Crippen LogP contribution < -0.4 is 20.1 Å². The van der Waals surface area contributed by atoms with Gasteiger partial charge in [-0.1, -0.05) is 12.1 Å². The minimum Gasteiger partial charge on any atom is -0.495 e. The summed E-state index contributed by atoms with van der Waals surface area (Å²) in [5.74, 6) is 0.977. The third-order valence-electron chi connectivity index (χ3n) is 3.53. The van der Waals surface area contributed by atoms with Gasteiger partial charge in [-0.3, -0.25) is 10.1 Å². The summed E-state index contributed by atoms with van der Waals surface area (Å²) in [6.45, 7) is 0. The monoisotopic (exact) mass is 312 g/mol. The van der Waals surface area contributed by atoms with Crippen LogP contribution in [0.2, 0.25) is 0 Å². The van der Waals surface area contributed by atoms with Gasteiger partial charge in [0.25, 0.3) is 0 Å². The van der Waals surface area contributed by atoms with E-state index >= 15 is 0 Å². The van der Waals surface area contributed by atoms with Crippen molar-refractivity contribution in [2.75, 3.05) is 17.7 Å². The lowest BCUT2D eigenvalue weighted by Crippen LogP contribution is -2.20. The average molecular weight is 312 g/mol. The molecule has 2 aromatic rings. The van der Waals surface area contributed by atoms with E-state index in [0.717, 1.165) is 11.3 Å². The minimum atomic E-state index is -0.603. The predicted molar refractivity (Wildman–Crippen MR) is 86.0 cm³/mol. The van der Waals surface area contributed by atoms with Crippen LogP contribution in [0.5, 0.6) is 11.5 Å². The van der Waals surface area contributed by atoms with E-state index in [2.05, 4.69) is 10.6 Å². The number of carbonyl (C=O) groups excluding carboxylic acids is 2. The molecular formula is C17H16N2O4. The van der Waals surface area contributed by atoms with Crippen LogP contribution in [0.4, 0.5) is 16.2 Å². The highest BCUT2D eigenvalue weighted by molar-refractivity contribution is 5.94. The summed E-state index contributed by atoms with van der Waals surface area (Å²) < 4.78 is 10.5. The Balaban J connectivity index is 1.70. The van der Waals surface area contributed by atoms with Crippen LogP contribution in [-0.4, -0.2) is 19.1 Å². The van der Waals surface area contributed by atoms with Crippen molar-refractivity contribution < 1.29 is 19.1 Å². The number of hydrogen-bond acceptors (Lipinski definition) is 4. The smallest absolute Gasteiger partial charge is 0.417 e. The first-order valence-electron chi connectivity index (χ1n) is 7.20. The fourth-order valence-corrected chi connectivity index (χ4v) is 2.41. The Morgan fingerprint density at radius 3 is 2.83 bits per heavy atom. The van der Waals surface area contributed by atoms with Crippen LogP contribution in [0.1, 0.15) is 12.0 Å². The van der Waals surface area contributed by atoms with Gasteiger partial charge in [0.15, 0.2) is 0 Å². The summed E-state index contributed by atoms with van der Waals surface area (Å²) >= 11 is 0. The molecule has 1 aliphatic rings. The van der Waals surface area contributed by atoms with Gasteiger partial charge in [0.2, 0.25) is 5.91 Å². The molecule has 0 bridgehead atoms. The maximum absolute atomic E-state index is 12.0. The largest absolute Gasteiger partial charge is 0.495 e. The van der Waals surface area contributed by atoms with Crippen molar-refractivity contribution in [2.45, 2.75) is 12.8 Å². The molecule has 3 rings (SSSR count). The molecule has 118 valence electrons. The van der Waals surface area contributed by atoms with Gasteiger partial charge in [-0.2, -0.15) is 0 Å². The van der Waals surface area contributed by atoms with Gasteiger partial charge in [0.1, 0.15) is 11.5 Å². The zero-order valence-electron chi connectivity index (χ0n) is 12.6. The van der Waals surface area contributed by atoms with Crippen LogP contribution in [0, 0.1) is 0 Å². The van der Waals surface area contributed by atoms with Crippen molar-refractivity contribution in [3.63, 3.8) is 0 Å². The molecule has 0 aromatic heterocycles. The van der Waals surface area contributed by atoms with E-state index in [-0.39, 0.29) is 5.91 Å². The fraction of sp³-hybridized carbons (Fsp3) is 0.176. The number of anilines is 2. The van der Waals surface area contributed by atoms with Crippen molar-refractivity contribution in [1.82, 2.24) is 0 Å². The molecule has 6 heteroatoms. The molecule has 0 saturated heterocycles. The van der Waals surface area contributed by atoms with E-state index in [1.165, 1.54) is 7.11 Å². The third-order valence-corrected chi connectivity index (χ3v) is 3.53. The van der Waals surface area contributed by atoms with Crippen LogP contribution >= 0.6 is 0 Å². The highest BCUT2D eigenvalue weighted by atomic mass is 16.6. The molecule has 2 aromatic carbocycles. The Hall–Kier alpha value is -3.02. The Labute approximate surface area is 133 Å². The number of hydrogen-bond donors (Lipinski definition) is 2. The minimum absolute atomic E-state index is 0.0000778. The van der Waals surface area contributed by atoms with E-state index in [0.29, 0.717) is 30.0 Å². The first-order valence-corrected chi connectivity index (χ1v) is 7.20. The topological polar surface area (TPSA) is 76.7 Å². The van der Waals surface area contributed by atoms with Gasteiger partial charge < -0.3 is 14.8 Å². The summed E-state index contributed by atoms with van der Waals surface area (Å²) in [5.41, 5.74) is 2.25.